The Morgan fingerprint density at radius 2 is 2.30 bits per heavy atom. The van der Waals surface area contributed by atoms with Crippen LogP contribution in [0.25, 0.3) is 0 Å². The Kier molecular flexibility index (Phi) is 4.42. The van der Waals surface area contributed by atoms with E-state index in [4.69, 9.17) is 11.6 Å². The molecule has 0 N–H and O–H groups in total. The van der Waals surface area contributed by atoms with Crippen LogP contribution in [0.4, 0.5) is 0 Å². The van der Waals surface area contributed by atoms with Gasteiger partial charge in [0.25, 0.3) is 0 Å². The molecule has 1 atom stereocenters. The molecule has 0 aliphatic rings. The Morgan fingerprint density at radius 3 is 2.40 bits per heavy atom. The number of hydrogen-bond donors (Lipinski definition) is 0. The van der Waals surface area contributed by atoms with Gasteiger partial charge in [0.15, 0.2) is 0 Å². The quantitative estimate of drug-likeness (QED) is 0.275. The minimum atomic E-state index is -1.99. The summed E-state index contributed by atoms with van der Waals surface area (Å²) >= 11 is 5.63. The molecule has 0 aromatic carbocycles. The highest BCUT2D eigenvalue weighted by molar-refractivity contribution is 7.10. The van der Waals surface area contributed by atoms with Crippen molar-refractivity contribution in [3.05, 3.63) is 0 Å². The van der Waals surface area contributed by atoms with Crippen molar-refractivity contribution in [1.29, 1.82) is 0 Å². The van der Waals surface area contributed by atoms with Gasteiger partial charge in [-0.25, -0.2) is 0 Å². The largest absolute Gasteiger partial charge is 0.308 e. The fraction of sp³-hybridized carbons (Fsp3) is 0.571. The minimum absolute atomic E-state index is 0.424. The zero-order valence-electron chi connectivity index (χ0n) is 6.28. The first-order chi connectivity index (χ1) is 4.74. The Hall–Kier alpha value is -0.263. The van der Waals surface area contributed by atoms with Crippen LogP contribution in [0.5, 0.6) is 0 Å². The lowest BCUT2D eigenvalue weighted by Crippen LogP contribution is -2.37. The van der Waals surface area contributed by atoms with Crippen molar-refractivity contribution >= 4 is 25.6 Å². The summed E-state index contributed by atoms with van der Waals surface area (Å²) in [6.45, 7) is 3.71. The Labute approximate surface area is 67.8 Å². The predicted octanol–water partition coefficient (Wildman–Crippen LogP) is 1.57. The zero-order valence-corrected chi connectivity index (χ0v) is 8.03. The van der Waals surface area contributed by atoms with E-state index in [2.05, 4.69) is 11.5 Å². The molecular weight excluding hydrogens is 164 g/mol. The molecule has 0 rings (SSSR count). The monoisotopic (exact) mass is 174 g/mol. The molecule has 3 heteroatoms. The van der Waals surface area contributed by atoms with Crippen molar-refractivity contribution in [3.8, 4) is 11.5 Å². The van der Waals surface area contributed by atoms with Gasteiger partial charge in [-0.3, -0.25) is 0 Å². The normalized spacial score (nSPS) is 14.7. The van der Waals surface area contributed by atoms with Crippen LogP contribution in [-0.2, 0) is 4.79 Å². The van der Waals surface area contributed by atoms with E-state index in [0.29, 0.717) is 5.50 Å². The first-order valence-corrected chi connectivity index (χ1v) is 6.23. The number of rotatable bonds is 3. The molecule has 1 nitrogen and oxygen atoms in total. The highest BCUT2D eigenvalue weighted by atomic mass is 35.5. The number of halogens is 1. The first-order valence-electron chi connectivity index (χ1n) is 3.21. The number of carbonyl (C=O) groups excluding carboxylic acids is 1. The molecule has 0 bridgehead atoms. The summed E-state index contributed by atoms with van der Waals surface area (Å²) in [5.41, 5.74) is 3.36. The third-order valence-corrected chi connectivity index (χ3v) is 5.84. The topological polar surface area (TPSA) is 17.1 Å². The molecule has 0 aromatic rings. The number of carbonyl (C=O) groups is 1. The molecule has 0 amide bonds. The van der Waals surface area contributed by atoms with Gasteiger partial charge in [0, 0.05) is 5.50 Å². The van der Waals surface area contributed by atoms with Crippen LogP contribution in [0.1, 0.15) is 13.8 Å². The maximum atomic E-state index is 10.6. The average molecular weight is 175 g/mol. The molecule has 1 unspecified atom stereocenters. The van der Waals surface area contributed by atoms with Crippen molar-refractivity contribution in [2.45, 2.75) is 19.9 Å². The Morgan fingerprint density at radius 1 is 1.70 bits per heavy atom. The highest BCUT2D eigenvalue weighted by Crippen LogP contribution is 2.06. The predicted molar refractivity (Wildman–Crippen MR) is 47.2 cm³/mol. The van der Waals surface area contributed by atoms with Gasteiger partial charge in [0.2, 0.25) is 8.07 Å². The molecule has 0 radical (unpaired) electrons. The van der Waals surface area contributed by atoms with Gasteiger partial charge in [0.1, 0.15) is 5.91 Å². The van der Waals surface area contributed by atoms with Gasteiger partial charge in [-0.15, -0.1) is 23.1 Å². The Bertz CT molecular complexity index is 164. The standard InChI is InChI=1S/C7H11ClOSi/c1-3-5-10(4-2,6-8)7-9/h7H,4,6H2,1-2H3. The van der Waals surface area contributed by atoms with Crippen LogP contribution >= 0.6 is 11.6 Å². The van der Waals surface area contributed by atoms with E-state index >= 15 is 0 Å². The van der Waals surface area contributed by atoms with Crippen molar-refractivity contribution in [2.24, 2.45) is 0 Å². The summed E-state index contributed by atoms with van der Waals surface area (Å²) in [6, 6.07) is 0.820. The number of hydrogen-bond acceptors (Lipinski definition) is 1. The lowest BCUT2D eigenvalue weighted by atomic mass is 10.8. The molecule has 0 saturated carbocycles. The van der Waals surface area contributed by atoms with Crippen LogP contribution in [0.3, 0.4) is 0 Å². The molecule has 0 fully saturated rings. The van der Waals surface area contributed by atoms with E-state index in [1.54, 1.807) is 6.92 Å². The molecule has 0 heterocycles. The molecule has 0 aliphatic carbocycles. The van der Waals surface area contributed by atoms with E-state index in [9.17, 15) is 4.79 Å². The van der Waals surface area contributed by atoms with Gasteiger partial charge in [0.05, 0.1) is 0 Å². The van der Waals surface area contributed by atoms with E-state index in [-0.39, 0.29) is 0 Å². The first kappa shape index (κ1) is 9.74. The Balaban J connectivity index is 4.40. The summed E-state index contributed by atoms with van der Waals surface area (Å²) in [5, 5.41) is 0. The molecular formula is C7H11ClOSi. The minimum Gasteiger partial charge on any atom is -0.308 e. The van der Waals surface area contributed by atoms with E-state index in [1.807, 2.05) is 6.92 Å². The molecule has 0 saturated heterocycles. The highest BCUT2D eigenvalue weighted by Gasteiger charge is 2.27. The van der Waals surface area contributed by atoms with Crippen LogP contribution in [0.2, 0.25) is 6.04 Å². The summed E-state index contributed by atoms with van der Waals surface area (Å²) in [6.07, 6.45) is 0. The zero-order chi connectivity index (χ0) is 8.04. The van der Waals surface area contributed by atoms with Gasteiger partial charge in [-0.2, -0.15) is 0 Å². The molecule has 0 aromatic heterocycles. The van der Waals surface area contributed by atoms with Crippen LogP contribution < -0.4 is 0 Å². The van der Waals surface area contributed by atoms with E-state index < -0.39 is 8.07 Å². The third-order valence-electron chi connectivity index (χ3n) is 1.47. The molecule has 0 spiro atoms. The van der Waals surface area contributed by atoms with Gasteiger partial charge in [-0.05, 0) is 13.0 Å². The van der Waals surface area contributed by atoms with Crippen molar-refractivity contribution < 1.29 is 4.79 Å². The maximum absolute atomic E-state index is 10.6. The summed E-state index contributed by atoms with van der Waals surface area (Å²) in [7, 11) is -1.99. The average Bonchev–Trinajstić information content (AvgIpc) is 2.01. The second-order valence-corrected chi connectivity index (χ2v) is 6.71. The van der Waals surface area contributed by atoms with Gasteiger partial charge in [-0.1, -0.05) is 6.92 Å². The van der Waals surface area contributed by atoms with Crippen molar-refractivity contribution in [2.75, 3.05) is 5.50 Å². The second-order valence-electron chi connectivity index (χ2n) is 2.14. The number of alkyl halides is 1. The van der Waals surface area contributed by atoms with Crippen LogP contribution in [0, 0.1) is 11.5 Å². The summed E-state index contributed by atoms with van der Waals surface area (Å²) < 4.78 is 0. The molecule has 0 aliphatic heterocycles. The van der Waals surface area contributed by atoms with Crippen LogP contribution in [0.15, 0.2) is 0 Å². The lowest BCUT2D eigenvalue weighted by molar-refractivity contribution is 0.567. The van der Waals surface area contributed by atoms with E-state index in [0.717, 1.165) is 12.0 Å². The fourth-order valence-corrected chi connectivity index (χ4v) is 2.78. The van der Waals surface area contributed by atoms with Gasteiger partial charge >= 0.3 is 0 Å². The molecule has 10 heavy (non-hydrogen) atoms. The van der Waals surface area contributed by atoms with Crippen LogP contribution in [-0.4, -0.2) is 19.5 Å². The van der Waals surface area contributed by atoms with Gasteiger partial charge < -0.3 is 4.79 Å². The second kappa shape index (κ2) is 4.54. The van der Waals surface area contributed by atoms with Crippen molar-refractivity contribution in [3.63, 3.8) is 0 Å². The summed E-state index contributed by atoms with van der Waals surface area (Å²) in [5.74, 6) is 3.73. The van der Waals surface area contributed by atoms with Crippen molar-refractivity contribution in [1.82, 2.24) is 0 Å². The fourth-order valence-electron chi connectivity index (χ4n) is 0.610. The van der Waals surface area contributed by atoms with E-state index in [1.165, 1.54) is 0 Å². The summed E-state index contributed by atoms with van der Waals surface area (Å²) in [4.78, 5) is 10.6. The lowest BCUT2D eigenvalue weighted by Gasteiger charge is -2.10. The smallest absolute Gasteiger partial charge is 0.222 e. The molecule has 56 valence electrons. The maximum Gasteiger partial charge on any atom is 0.222 e. The SMILES string of the molecule is CC#C[Si](C=O)(CC)CCl. The third kappa shape index (κ3) is 2.16.